The van der Waals surface area contributed by atoms with Crippen molar-refractivity contribution in [2.45, 2.75) is 6.10 Å². The van der Waals surface area contributed by atoms with E-state index in [0.717, 1.165) is 0 Å². The Morgan fingerprint density at radius 2 is 2.17 bits per heavy atom. The fourth-order valence-corrected chi connectivity index (χ4v) is 2.51. The first-order chi connectivity index (χ1) is 8.54. The predicted octanol–water partition coefficient (Wildman–Crippen LogP) is -0.764. The third-order valence-corrected chi connectivity index (χ3v) is 3.39. The zero-order valence-corrected chi connectivity index (χ0v) is 10.1. The van der Waals surface area contributed by atoms with Crippen LogP contribution in [-0.4, -0.2) is 48.0 Å². The molecule has 0 aliphatic carbocycles. The van der Waals surface area contributed by atoms with E-state index in [1.165, 1.54) is 11.0 Å². The number of hydrogen-bond donors (Lipinski definition) is 1. The summed E-state index contributed by atoms with van der Waals surface area (Å²) in [6.07, 6.45) is -0.267. The van der Waals surface area contributed by atoms with E-state index >= 15 is 0 Å². The lowest BCUT2D eigenvalue weighted by atomic mass is 10.2. The molecule has 0 saturated carbocycles. The number of hydrogen-bond acceptors (Lipinski definition) is 5. The first-order valence-electron chi connectivity index (χ1n) is 5.57. The molecule has 2 aliphatic rings. The van der Waals surface area contributed by atoms with Crippen molar-refractivity contribution < 1.29 is 14.6 Å². The van der Waals surface area contributed by atoms with E-state index in [9.17, 15) is 14.7 Å². The lowest BCUT2D eigenvalue weighted by Crippen LogP contribution is -2.51. The highest BCUT2D eigenvalue weighted by Crippen LogP contribution is 2.31. The molecule has 7 heteroatoms. The number of pyridine rings is 1. The second kappa shape index (κ2) is 3.49. The van der Waals surface area contributed by atoms with E-state index in [1.807, 2.05) is 5.01 Å². The van der Waals surface area contributed by atoms with Crippen LogP contribution in [0.15, 0.2) is 10.9 Å². The summed E-state index contributed by atoms with van der Waals surface area (Å²) in [7, 11) is 3.18. The molecule has 3 rings (SSSR count). The van der Waals surface area contributed by atoms with E-state index < -0.39 is 11.2 Å². The van der Waals surface area contributed by atoms with Gasteiger partial charge in [-0.1, -0.05) is 0 Å². The average Bonchev–Trinajstić information content (AvgIpc) is 2.67. The van der Waals surface area contributed by atoms with E-state index in [0.29, 0.717) is 18.9 Å². The van der Waals surface area contributed by atoms with Crippen molar-refractivity contribution in [3.05, 3.63) is 27.7 Å². The van der Waals surface area contributed by atoms with Gasteiger partial charge < -0.3 is 14.7 Å². The van der Waals surface area contributed by atoms with Gasteiger partial charge in [-0.15, -0.1) is 0 Å². The molecule has 0 bridgehead atoms. The van der Waals surface area contributed by atoms with Crippen molar-refractivity contribution in [2.24, 2.45) is 0 Å². The van der Waals surface area contributed by atoms with Crippen molar-refractivity contribution in [3.8, 4) is 5.75 Å². The Kier molecular flexibility index (Phi) is 2.15. The molecule has 0 fully saturated rings. The van der Waals surface area contributed by atoms with E-state index in [2.05, 4.69) is 0 Å². The first kappa shape index (κ1) is 11.1. The third-order valence-electron chi connectivity index (χ3n) is 3.39. The molecule has 1 aromatic rings. The molecule has 2 aliphatic heterocycles. The van der Waals surface area contributed by atoms with E-state index in [4.69, 9.17) is 4.74 Å². The van der Waals surface area contributed by atoms with Gasteiger partial charge in [0.25, 0.3) is 5.91 Å². The largest absolute Gasteiger partial charge is 0.502 e. The molecule has 1 atom stereocenters. The predicted molar refractivity (Wildman–Crippen MR) is 62.2 cm³/mol. The van der Waals surface area contributed by atoms with Crippen LogP contribution in [0, 0.1) is 0 Å². The summed E-state index contributed by atoms with van der Waals surface area (Å²) in [5, 5.41) is 11.7. The average molecular weight is 251 g/mol. The summed E-state index contributed by atoms with van der Waals surface area (Å²) >= 11 is 0. The van der Waals surface area contributed by atoms with Crippen LogP contribution in [0.25, 0.3) is 0 Å². The zero-order chi connectivity index (χ0) is 13.0. The number of nitrogens with zero attached hydrogens (tertiary/aromatic N) is 3. The molecular weight excluding hydrogens is 238 g/mol. The summed E-state index contributed by atoms with van der Waals surface area (Å²) in [4.78, 5) is 25.2. The maximum Gasteiger partial charge on any atom is 0.277 e. The molecule has 0 spiro atoms. The lowest BCUT2D eigenvalue weighted by Gasteiger charge is -2.34. The Bertz CT molecular complexity index is 595. The molecule has 0 aromatic carbocycles. The van der Waals surface area contributed by atoms with Gasteiger partial charge >= 0.3 is 0 Å². The van der Waals surface area contributed by atoms with Gasteiger partial charge in [-0.05, 0) is 0 Å². The number of carbonyl (C=O) groups excluding carboxylic acids is 1. The molecular formula is C11H13N3O4. The fraction of sp³-hybridized carbons (Fsp3) is 0.455. The number of aromatic hydroxyl groups is 1. The molecule has 1 N–H and O–H groups in total. The number of aromatic nitrogens is 1. The molecule has 3 heterocycles. The Labute approximate surface area is 103 Å². The van der Waals surface area contributed by atoms with Crippen molar-refractivity contribution in [1.82, 2.24) is 9.58 Å². The number of ether oxygens (including phenoxy) is 1. The lowest BCUT2D eigenvalue weighted by molar-refractivity contribution is 0.0734. The van der Waals surface area contributed by atoms with Gasteiger partial charge in [0.1, 0.15) is 12.8 Å². The molecule has 1 aromatic heterocycles. The monoisotopic (exact) mass is 251 g/mol. The van der Waals surface area contributed by atoms with Crippen LogP contribution in [0.3, 0.4) is 0 Å². The van der Waals surface area contributed by atoms with Gasteiger partial charge in [0, 0.05) is 20.2 Å². The van der Waals surface area contributed by atoms with Gasteiger partial charge in [0.2, 0.25) is 5.43 Å². The van der Waals surface area contributed by atoms with E-state index in [-0.39, 0.29) is 17.7 Å². The van der Waals surface area contributed by atoms with Crippen LogP contribution in [0.1, 0.15) is 22.3 Å². The topological polar surface area (TPSA) is 75.0 Å². The Balaban J connectivity index is 2.32. The molecule has 1 unspecified atom stereocenters. The molecule has 0 radical (unpaired) electrons. The van der Waals surface area contributed by atoms with Gasteiger partial charge in [0.15, 0.2) is 11.4 Å². The zero-order valence-electron chi connectivity index (χ0n) is 10.1. The maximum atomic E-state index is 12.0. The van der Waals surface area contributed by atoms with Gasteiger partial charge in [0.05, 0.1) is 12.2 Å². The molecule has 7 nitrogen and oxygen atoms in total. The summed E-state index contributed by atoms with van der Waals surface area (Å²) in [5.74, 6) is -0.864. The van der Waals surface area contributed by atoms with Crippen LogP contribution < -0.4 is 10.4 Å². The molecule has 96 valence electrons. The maximum absolute atomic E-state index is 12.0. The van der Waals surface area contributed by atoms with Crippen LogP contribution in [-0.2, 0) is 4.74 Å². The fourth-order valence-electron chi connectivity index (χ4n) is 2.51. The van der Waals surface area contributed by atoms with Gasteiger partial charge in [-0.3, -0.25) is 14.6 Å². The highest BCUT2D eigenvalue weighted by atomic mass is 16.5. The third kappa shape index (κ3) is 1.22. The van der Waals surface area contributed by atoms with E-state index in [1.54, 1.807) is 18.8 Å². The minimum atomic E-state index is -0.552. The highest BCUT2D eigenvalue weighted by molar-refractivity contribution is 5.96. The quantitative estimate of drug-likeness (QED) is 0.710. The minimum absolute atomic E-state index is 0.0193. The van der Waals surface area contributed by atoms with Gasteiger partial charge in [-0.2, -0.15) is 0 Å². The van der Waals surface area contributed by atoms with Gasteiger partial charge in [-0.25, -0.2) is 4.68 Å². The second-order valence-electron chi connectivity index (χ2n) is 4.50. The highest BCUT2D eigenvalue weighted by Gasteiger charge is 2.39. The number of methoxy groups -OCH3 is 1. The normalized spacial score (nSPS) is 21.4. The van der Waals surface area contributed by atoms with Crippen molar-refractivity contribution >= 4 is 5.91 Å². The van der Waals surface area contributed by atoms with Crippen molar-refractivity contribution in [1.29, 1.82) is 0 Å². The number of carbonyl (C=O) groups is 1. The number of rotatable bonds is 1. The van der Waals surface area contributed by atoms with Crippen LogP contribution in [0.5, 0.6) is 5.75 Å². The van der Waals surface area contributed by atoms with Crippen molar-refractivity contribution in [2.75, 3.05) is 32.4 Å². The van der Waals surface area contributed by atoms with Crippen LogP contribution in [0.2, 0.25) is 0 Å². The van der Waals surface area contributed by atoms with Crippen molar-refractivity contribution in [3.63, 3.8) is 0 Å². The smallest absolute Gasteiger partial charge is 0.277 e. The second-order valence-corrected chi connectivity index (χ2v) is 4.50. The Hall–Kier alpha value is -2.02. The van der Waals surface area contributed by atoms with Crippen LogP contribution in [0.4, 0.5) is 0 Å². The first-order valence-corrected chi connectivity index (χ1v) is 5.57. The number of amides is 1. The molecule has 18 heavy (non-hydrogen) atoms. The summed E-state index contributed by atoms with van der Waals surface area (Å²) < 4.78 is 6.90. The Morgan fingerprint density at radius 1 is 1.44 bits per heavy atom. The molecule has 1 amide bonds. The summed E-state index contributed by atoms with van der Waals surface area (Å²) in [6, 6.07) is 1.32. The summed E-state index contributed by atoms with van der Waals surface area (Å²) in [6.45, 7) is 0.949. The van der Waals surface area contributed by atoms with Crippen LogP contribution >= 0.6 is 0 Å². The Morgan fingerprint density at radius 3 is 2.83 bits per heavy atom. The minimum Gasteiger partial charge on any atom is -0.502 e. The standard InChI is InChI=1S/C11H13N3O4/c1-12-5-13-4-8(18-2)6-3-7(15)10(16)9(11(12)17)14(6)13/h3,8,16H,4-5H2,1-2H3. The molecule has 0 saturated heterocycles. The SMILES string of the molecule is COC1CN2CN(C)C(=O)c3c(O)c(=O)cc1n32. The summed E-state index contributed by atoms with van der Waals surface area (Å²) in [5.41, 5.74) is 0.0753.